The molecule has 0 saturated heterocycles. The van der Waals surface area contributed by atoms with Crippen molar-refractivity contribution in [2.75, 3.05) is 0 Å². The molecule has 4 aliphatic heterocycles. The van der Waals surface area contributed by atoms with E-state index in [2.05, 4.69) is 27.7 Å². The number of aliphatic imine (C=N–C) groups is 3. The Morgan fingerprint density at radius 1 is 0.746 bits per heavy atom. The Balaban J connectivity index is 0.00000748. The predicted octanol–water partition coefficient (Wildman–Crippen LogP) is 10.9. The van der Waals surface area contributed by atoms with E-state index in [9.17, 15) is 19.8 Å². The van der Waals surface area contributed by atoms with Gasteiger partial charge >= 0.3 is 28.4 Å². The molecule has 1 N–H and O–H groups in total. The Bertz CT molecular complexity index is 2230. The zero-order valence-corrected chi connectivity index (χ0v) is 40.0. The van der Waals surface area contributed by atoms with Crippen LogP contribution in [0.4, 0.5) is 0 Å². The van der Waals surface area contributed by atoms with E-state index in [0.29, 0.717) is 46.3 Å². The number of unbranched alkanes of at least 4 members (excludes halogenated alkanes) is 18. The molecule has 1 aromatic heterocycles. The Hall–Kier alpha value is -4.04. The van der Waals surface area contributed by atoms with Crippen molar-refractivity contribution in [2.24, 2.45) is 26.8 Å². The van der Waals surface area contributed by atoms with Gasteiger partial charge in [-0.3, -0.25) is 14.6 Å². The number of rotatable bonds is 25. The molecule has 8 bridgehead atoms. The molecule has 1 aliphatic carbocycles. The van der Waals surface area contributed by atoms with Crippen LogP contribution >= 0.6 is 0 Å². The van der Waals surface area contributed by atoms with Gasteiger partial charge < -0.3 is 19.9 Å². The molecule has 10 heteroatoms. The van der Waals surface area contributed by atoms with Crippen molar-refractivity contribution < 1.29 is 41.0 Å². The Morgan fingerprint density at radius 2 is 1.30 bits per heavy atom. The molecule has 6 rings (SSSR count). The third-order valence-electron chi connectivity index (χ3n) is 13.8. The first-order chi connectivity index (χ1) is 30.0. The number of carbonyl (C=O) groups is 2. The maximum Gasteiger partial charge on any atom is 2.00 e. The van der Waals surface area contributed by atoms with Crippen LogP contribution in [-0.4, -0.2) is 34.2 Å². The van der Waals surface area contributed by atoms with E-state index in [0.717, 1.165) is 76.4 Å². The number of carbonyl (C=O) groups excluding carboxylic acids is 1. The van der Waals surface area contributed by atoms with Crippen LogP contribution in [0.5, 0.6) is 0 Å². The summed E-state index contributed by atoms with van der Waals surface area (Å²) in [6.45, 7) is 12.4. The zero-order valence-electron chi connectivity index (χ0n) is 39.0. The molecular formula is C53H72N4NiO5. The van der Waals surface area contributed by atoms with Gasteiger partial charge in [0.15, 0.2) is 5.76 Å². The molecule has 0 amide bonds. The summed E-state index contributed by atoms with van der Waals surface area (Å²) in [6, 6.07) is 0. The monoisotopic (exact) mass is 902 g/mol. The van der Waals surface area contributed by atoms with E-state index in [1.165, 1.54) is 103 Å². The number of allylic oxidation sites excluding steroid dienone is 6. The minimum atomic E-state index is -0.872. The molecule has 0 spiro atoms. The first-order valence-corrected chi connectivity index (χ1v) is 24.3. The Morgan fingerprint density at radius 3 is 1.87 bits per heavy atom. The molecule has 5 heterocycles. The largest absolute Gasteiger partial charge is 2.00 e. The van der Waals surface area contributed by atoms with Crippen LogP contribution in [0.3, 0.4) is 0 Å². The number of aromatic nitrogens is 1. The van der Waals surface area contributed by atoms with Crippen LogP contribution in [0.2, 0.25) is 0 Å². The van der Waals surface area contributed by atoms with Crippen LogP contribution in [-0.2, 0) is 30.8 Å². The minimum absolute atomic E-state index is 0. The fourth-order valence-electron chi connectivity index (χ4n) is 9.88. The van der Waals surface area contributed by atoms with E-state index in [-0.39, 0.29) is 52.9 Å². The van der Waals surface area contributed by atoms with Crippen LogP contribution in [0.15, 0.2) is 66.7 Å². The van der Waals surface area contributed by atoms with Gasteiger partial charge in [-0.2, -0.15) is 0 Å². The first-order valence-electron chi connectivity index (χ1n) is 24.3. The van der Waals surface area contributed by atoms with E-state index in [1.807, 2.05) is 32.1 Å². The van der Waals surface area contributed by atoms with Crippen molar-refractivity contribution in [3.63, 3.8) is 0 Å². The number of esters is 1. The van der Waals surface area contributed by atoms with Crippen molar-refractivity contribution in [1.82, 2.24) is 4.98 Å². The molecule has 344 valence electrons. The molecule has 0 fully saturated rings. The summed E-state index contributed by atoms with van der Waals surface area (Å²) in [6.07, 6.45) is 32.2. The van der Waals surface area contributed by atoms with E-state index >= 15 is 0 Å². The fourth-order valence-corrected chi connectivity index (χ4v) is 9.88. The Labute approximate surface area is 386 Å². The SMILES string of the molecule is CCCCCCCCCCCCCCCCCCCCCC(=O)OC1=C(C)C2=NC1=CC1=NC(=Cc3[n-]c4c(c3C)=C([O-])CC=4C3=NC(=C2)[C@@H](C)[C@@H]3CCC(=O)O)C(CC)=C1C.[Ni+2]. The number of nitrogens with zero attached hydrogens (tertiary/aromatic N) is 4. The second-order valence-corrected chi connectivity index (χ2v) is 18.4. The van der Waals surface area contributed by atoms with Gasteiger partial charge in [-0.15, -0.1) is 16.8 Å². The molecule has 0 aromatic carbocycles. The second-order valence-electron chi connectivity index (χ2n) is 18.4. The van der Waals surface area contributed by atoms with E-state index in [1.54, 1.807) is 0 Å². The third-order valence-corrected chi connectivity index (χ3v) is 13.8. The molecule has 0 unspecified atom stereocenters. The number of aliphatic carboxylic acids is 1. The summed E-state index contributed by atoms with van der Waals surface area (Å²) < 4.78 is 6.18. The van der Waals surface area contributed by atoms with Gasteiger partial charge in [0.2, 0.25) is 0 Å². The standard InChI is InChI=1S/C53H74N4O5.Ni/c1-7-9-10-11-12-13-14-15-16-17-18-19-20-21-22-23-24-25-26-27-49(61)62-53-37(6)44-31-42-35(4)39(28-29-48(59)60)51(56-42)40-30-47(58)50-36(5)43(57-52(40)50)32-45-38(8-2)34(3)41(54-45)33-46(53)55-44;/h31-33,35,39H,7-30H2,1-6H3,(H3,54,55,56,57,58,59,60);/q;+2/p-2/t35-,39-;/m0./s1. The van der Waals surface area contributed by atoms with Crippen LogP contribution in [0, 0.1) is 18.8 Å². The van der Waals surface area contributed by atoms with Crippen LogP contribution in [0.1, 0.15) is 200 Å². The van der Waals surface area contributed by atoms with Crippen LogP contribution in [0.25, 0.3) is 17.4 Å². The number of hydrogen-bond donors (Lipinski definition) is 1. The van der Waals surface area contributed by atoms with E-state index < -0.39 is 5.97 Å². The maximum atomic E-state index is 13.6. The summed E-state index contributed by atoms with van der Waals surface area (Å²) in [5.74, 6) is -1.04. The number of fused-ring (bicyclic) bond motifs is 5. The van der Waals surface area contributed by atoms with Gasteiger partial charge in [-0.1, -0.05) is 148 Å². The van der Waals surface area contributed by atoms with Gasteiger partial charge in [0.05, 0.1) is 17.1 Å². The van der Waals surface area contributed by atoms with Gasteiger partial charge in [-0.25, -0.2) is 9.98 Å². The average Bonchev–Trinajstić information content (AvgIpc) is 4.00. The topological polar surface area (TPSA) is 138 Å². The smallest absolute Gasteiger partial charge is 0.875 e. The zero-order chi connectivity index (χ0) is 44.2. The van der Waals surface area contributed by atoms with E-state index in [4.69, 9.17) is 24.7 Å². The molecule has 1 aromatic rings. The third kappa shape index (κ3) is 12.6. The number of carboxylic acids is 1. The van der Waals surface area contributed by atoms with Crippen molar-refractivity contribution >= 4 is 46.5 Å². The molecule has 5 aliphatic rings. The quantitative estimate of drug-likeness (QED) is 0.0589. The Kier molecular flexibility index (Phi) is 19.3. The fraction of sp³-hybridized carbons (Fsp3) is 0.604. The second kappa shape index (κ2) is 24.3. The van der Waals surface area contributed by atoms with Gasteiger partial charge in [0.1, 0.15) is 5.70 Å². The summed E-state index contributed by atoms with van der Waals surface area (Å²) in [7, 11) is 0. The van der Waals surface area contributed by atoms with Gasteiger partial charge in [0.25, 0.3) is 0 Å². The molecule has 2 atom stereocenters. The van der Waals surface area contributed by atoms with Crippen molar-refractivity contribution in [1.29, 1.82) is 0 Å². The average molecular weight is 904 g/mol. The summed E-state index contributed by atoms with van der Waals surface area (Å²) in [5.41, 5.74) is 9.34. The molecule has 9 nitrogen and oxygen atoms in total. The van der Waals surface area contributed by atoms with Crippen LogP contribution < -0.4 is 20.7 Å². The van der Waals surface area contributed by atoms with Crippen molar-refractivity contribution in [2.45, 2.75) is 196 Å². The molecule has 0 radical (unpaired) electrons. The van der Waals surface area contributed by atoms with Crippen molar-refractivity contribution in [3.8, 4) is 0 Å². The minimum Gasteiger partial charge on any atom is -0.875 e. The predicted molar refractivity (Wildman–Crippen MR) is 251 cm³/mol. The summed E-state index contributed by atoms with van der Waals surface area (Å²) in [4.78, 5) is 45.6. The number of hydrogen-bond acceptors (Lipinski definition) is 7. The van der Waals surface area contributed by atoms with Crippen molar-refractivity contribution in [3.05, 3.63) is 73.5 Å². The number of carboxylic acid groups (broad SMARTS) is 1. The first kappa shape index (κ1) is 50.0. The normalized spacial score (nSPS) is 19.0. The van der Waals surface area contributed by atoms with Gasteiger partial charge in [-0.05, 0) is 80.5 Å². The number of ether oxygens (including phenoxy) is 1. The molecule has 0 saturated carbocycles. The maximum absolute atomic E-state index is 13.6. The summed E-state index contributed by atoms with van der Waals surface area (Å²) in [5, 5.41) is 24.5. The molecular weight excluding hydrogens is 831 g/mol. The molecule has 63 heavy (non-hydrogen) atoms. The van der Waals surface area contributed by atoms with Gasteiger partial charge in [0, 0.05) is 41.7 Å². The summed E-state index contributed by atoms with van der Waals surface area (Å²) >= 11 is 0.